The predicted octanol–water partition coefficient (Wildman–Crippen LogP) is 3.75. The van der Waals surface area contributed by atoms with E-state index in [0.29, 0.717) is 6.29 Å². The maximum absolute atomic E-state index is 10.7. The monoisotopic (exact) mass is 318 g/mol. The van der Waals surface area contributed by atoms with E-state index in [1.54, 1.807) is 0 Å². The molecule has 0 saturated carbocycles. The summed E-state index contributed by atoms with van der Waals surface area (Å²) >= 11 is 15.1. The molecule has 16 heavy (non-hydrogen) atoms. The van der Waals surface area contributed by atoms with Crippen molar-refractivity contribution in [3.8, 4) is 5.69 Å². The van der Waals surface area contributed by atoms with E-state index in [9.17, 15) is 4.79 Å². The van der Waals surface area contributed by atoms with Crippen LogP contribution in [0.5, 0.6) is 0 Å². The summed E-state index contributed by atoms with van der Waals surface area (Å²) in [6, 6.07) is 7.35. The lowest BCUT2D eigenvalue weighted by molar-refractivity contribution is 0.112. The van der Waals surface area contributed by atoms with Gasteiger partial charge in [0.1, 0.15) is 5.15 Å². The second-order valence-corrected chi connectivity index (χ2v) is 4.64. The average Bonchev–Trinajstić information content (AvgIpc) is 2.54. The van der Waals surface area contributed by atoms with Gasteiger partial charge in [-0.25, -0.2) is 4.68 Å². The third-order valence-electron chi connectivity index (χ3n) is 1.99. The van der Waals surface area contributed by atoms with Gasteiger partial charge in [-0.15, -0.1) is 0 Å². The largest absolute Gasteiger partial charge is 0.298 e. The van der Waals surface area contributed by atoms with E-state index in [1.165, 1.54) is 4.68 Å². The second-order valence-electron chi connectivity index (χ2n) is 3.00. The summed E-state index contributed by atoms with van der Waals surface area (Å²) in [5.41, 5.74) is 0.928. The van der Waals surface area contributed by atoms with Gasteiger partial charge in [0.25, 0.3) is 0 Å². The zero-order valence-electron chi connectivity index (χ0n) is 7.82. The van der Waals surface area contributed by atoms with Crippen LogP contribution in [0.4, 0.5) is 0 Å². The highest BCUT2D eigenvalue weighted by atomic mass is 79.9. The van der Waals surface area contributed by atoms with Gasteiger partial charge in [0.15, 0.2) is 11.4 Å². The van der Waals surface area contributed by atoms with E-state index in [1.807, 2.05) is 24.3 Å². The molecule has 1 aromatic carbocycles. The van der Waals surface area contributed by atoms with Crippen molar-refractivity contribution in [2.24, 2.45) is 0 Å². The Balaban J connectivity index is 2.61. The van der Waals surface area contributed by atoms with Crippen LogP contribution in [0.15, 0.2) is 28.7 Å². The predicted molar refractivity (Wildman–Crippen MR) is 66.7 cm³/mol. The minimum atomic E-state index is 0.0972. The van der Waals surface area contributed by atoms with Crippen LogP contribution in [0.1, 0.15) is 10.4 Å². The van der Waals surface area contributed by atoms with Crippen molar-refractivity contribution < 1.29 is 4.79 Å². The van der Waals surface area contributed by atoms with E-state index in [-0.39, 0.29) is 15.9 Å². The average molecular weight is 320 g/mol. The van der Waals surface area contributed by atoms with Gasteiger partial charge in [-0.3, -0.25) is 4.79 Å². The lowest BCUT2D eigenvalue weighted by Gasteiger charge is -2.02. The van der Waals surface area contributed by atoms with E-state index in [2.05, 4.69) is 21.0 Å². The molecule has 1 heterocycles. The highest BCUT2D eigenvalue weighted by molar-refractivity contribution is 9.10. The Morgan fingerprint density at radius 3 is 2.69 bits per heavy atom. The molecular formula is C10H5BrCl2N2O. The lowest BCUT2D eigenvalue weighted by atomic mass is 10.3. The summed E-state index contributed by atoms with van der Waals surface area (Å²) in [6.07, 6.45) is 0.589. The van der Waals surface area contributed by atoms with E-state index >= 15 is 0 Å². The Hall–Kier alpha value is -0.840. The van der Waals surface area contributed by atoms with Gasteiger partial charge in [-0.05, 0) is 18.2 Å². The van der Waals surface area contributed by atoms with Crippen LogP contribution < -0.4 is 0 Å². The number of hydrogen-bond acceptors (Lipinski definition) is 2. The molecule has 0 bridgehead atoms. The first kappa shape index (κ1) is 11.6. The standard InChI is InChI=1S/C10H5BrCl2N2O/c11-6-2-1-3-7(4-6)15-10(13)8(5-16)9(12)14-15/h1-5H. The number of benzene rings is 1. The maximum atomic E-state index is 10.7. The van der Waals surface area contributed by atoms with Crippen molar-refractivity contribution >= 4 is 45.4 Å². The third kappa shape index (κ3) is 2.00. The third-order valence-corrected chi connectivity index (χ3v) is 3.13. The molecule has 82 valence electrons. The number of aldehydes is 1. The van der Waals surface area contributed by atoms with Gasteiger partial charge in [0, 0.05) is 4.47 Å². The molecule has 0 fully saturated rings. The quantitative estimate of drug-likeness (QED) is 0.790. The van der Waals surface area contributed by atoms with Crippen LogP contribution in [-0.4, -0.2) is 16.1 Å². The fourth-order valence-corrected chi connectivity index (χ4v) is 2.18. The number of halogens is 3. The summed E-state index contributed by atoms with van der Waals surface area (Å²) in [4.78, 5) is 10.7. The van der Waals surface area contributed by atoms with E-state index < -0.39 is 0 Å². The normalized spacial score (nSPS) is 10.4. The van der Waals surface area contributed by atoms with Crippen LogP contribution in [0.25, 0.3) is 5.69 Å². The molecule has 0 radical (unpaired) electrons. The van der Waals surface area contributed by atoms with Crippen molar-refractivity contribution in [2.75, 3.05) is 0 Å². The molecule has 0 saturated heterocycles. The van der Waals surface area contributed by atoms with Crippen molar-refractivity contribution in [2.45, 2.75) is 0 Å². The molecule has 1 aromatic heterocycles. The smallest absolute Gasteiger partial charge is 0.163 e. The van der Waals surface area contributed by atoms with Gasteiger partial charge < -0.3 is 0 Å². The summed E-state index contributed by atoms with van der Waals surface area (Å²) in [7, 11) is 0. The summed E-state index contributed by atoms with van der Waals surface area (Å²) in [5.74, 6) is 0. The fourth-order valence-electron chi connectivity index (χ4n) is 1.26. The maximum Gasteiger partial charge on any atom is 0.163 e. The van der Waals surface area contributed by atoms with Crippen molar-refractivity contribution in [1.82, 2.24) is 9.78 Å². The van der Waals surface area contributed by atoms with Gasteiger partial charge in [0.05, 0.1) is 11.3 Å². The molecule has 0 aliphatic heterocycles. The Labute approximate surface area is 110 Å². The van der Waals surface area contributed by atoms with Crippen LogP contribution in [0, 0.1) is 0 Å². The molecule has 6 heteroatoms. The first-order valence-corrected chi connectivity index (χ1v) is 5.83. The number of rotatable bonds is 2. The van der Waals surface area contributed by atoms with Crippen LogP contribution in [0.2, 0.25) is 10.3 Å². The summed E-state index contributed by atoms with van der Waals surface area (Å²) in [5, 5.41) is 4.29. The number of carbonyl (C=O) groups excluding carboxylic acids is 1. The molecule has 0 aliphatic carbocycles. The van der Waals surface area contributed by atoms with E-state index in [0.717, 1.165) is 10.2 Å². The SMILES string of the molecule is O=Cc1c(Cl)nn(-c2cccc(Br)c2)c1Cl. The second kappa shape index (κ2) is 4.57. The van der Waals surface area contributed by atoms with Crippen molar-refractivity contribution in [3.05, 3.63) is 44.6 Å². The molecule has 0 unspecified atom stereocenters. The lowest BCUT2D eigenvalue weighted by Crippen LogP contribution is -1.96. The number of nitrogens with zero attached hydrogens (tertiary/aromatic N) is 2. The van der Waals surface area contributed by atoms with E-state index in [4.69, 9.17) is 23.2 Å². The first-order chi connectivity index (χ1) is 7.63. The zero-order chi connectivity index (χ0) is 11.7. The van der Waals surface area contributed by atoms with Gasteiger partial charge in [-0.1, -0.05) is 45.2 Å². The molecule has 3 nitrogen and oxygen atoms in total. The number of hydrogen-bond donors (Lipinski definition) is 0. The highest BCUT2D eigenvalue weighted by Gasteiger charge is 2.15. The summed E-state index contributed by atoms with van der Waals surface area (Å²) in [6.45, 7) is 0. The van der Waals surface area contributed by atoms with Crippen LogP contribution in [-0.2, 0) is 0 Å². The summed E-state index contributed by atoms with van der Waals surface area (Å²) < 4.78 is 2.30. The molecule has 0 spiro atoms. The molecular weight excluding hydrogens is 315 g/mol. The molecule has 2 rings (SSSR count). The minimum absolute atomic E-state index is 0.0972. The van der Waals surface area contributed by atoms with Crippen LogP contribution >= 0.6 is 39.1 Å². The first-order valence-electron chi connectivity index (χ1n) is 4.28. The Bertz CT molecular complexity index is 554. The molecule has 2 aromatic rings. The number of carbonyl (C=O) groups is 1. The Kier molecular flexibility index (Phi) is 3.33. The molecule has 0 aliphatic rings. The number of aromatic nitrogens is 2. The Morgan fingerprint density at radius 2 is 2.12 bits per heavy atom. The van der Waals surface area contributed by atoms with Gasteiger partial charge in [-0.2, -0.15) is 5.10 Å². The van der Waals surface area contributed by atoms with Gasteiger partial charge in [0.2, 0.25) is 0 Å². The highest BCUT2D eigenvalue weighted by Crippen LogP contribution is 2.26. The van der Waals surface area contributed by atoms with Gasteiger partial charge >= 0.3 is 0 Å². The van der Waals surface area contributed by atoms with Crippen molar-refractivity contribution in [1.29, 1.82) is 0 Å². The van der Waals surface area contributed by atoms with Crippen LogP contribution in [0.3, 0.4) is 0 Å². The molecule has 0 N–H and O–H groups in total. The fraction of sp³-hybridized carbons (Fsp3) is 0. The minimum Gasteiger partial charge on any atom is -0.298 e. The molecule has 0 amide bonds. The Morgan fingerprint density at radius 1 is 1.38 bits per heavy atom. The van der Waals surface area contributed by atoms with Crippen molar-refractivity contribution in [3.63, 3.8) is 0 Å². The zero-order valence-corrected chi connectivity index (χ0v) is 10.9. The molecule has 0 atom stereocenters. The topological polar surface area (TPSA) is 34.9 Å².